The van der Waals surface area contributed by atoms with E-state index < -0.39 is 35.6 Å². The minimum atomic E-state index is -0.927. The lowest BCUT2D eigenvalue weighted by atomic mass is 9.92. The van der Waals surface area contributed by atoms with Crippen molar-refractivity contribution < 1.29 is 24.0 Å². The highest BCUT2D eigenvalue weighted by atomic mass is 16.2. The summed E-state index contributed by atoms with van der Waals surface area (Å²) in [5.74, 6) is -1.40. The third-order valence-corrected chi connectivity index (χ3v) is 6.77. The van der Waals surface area contributed by atoms with Gasteiger partial charge in [-0.2, -0.15) is 0 Å². The molecule has 0 bridgehead atoms. The van der Waals surface area contributed by atoms with Crippen molar-refractivity contribution in [3.8, 4) is 0 Å². The lowest BCUT2D eigenvalue weighted by Crippen LogP contribution is -2.70. The third-order valence-electron chi connectivity index (χ3n) is 6.77. The number of amides is 5. The van der Waals surface area contributed by atoms with Crippen molar-refractivity contribution in [1.29, 1.82) is 0 Å². The molecule has 2 saturated heterocycles. The van der Waals surface area contributed by atoms with E-state index in [9.17, 15) is 24.0 Å². The van der Waals surface area contributed by atoms with Crippen LogP contribution in [-0.2, 0) is 19.2 Å². The Kier molecular flexibility index (Phi) is 7.90. The van der Waals surface area contributed by atoms with Crippen molar-refractivity contribution in [3.63, 3.8) is 0 Å². The van der Waals surface area contributed by atoms with Crippen LogP contribution >= 0.6 is 0 Å². The lowest BCUT2D eigenvalue weighted by molar-refractivity contribution is -0.144. The molecule has 33 heavy (non-hydrogen) atoms. The number of nitrogens with zero attached hydrogens (tertiary/aromatic N) is 1. The summed E-state index contributed by atoms with van der Waals surface area (Å²) in [6.45, 7) is 2.79. The number of Topliss-reactive ketones (excluding diaryl/α,β-unsaturated/α-hetero) is 1. The van der Waals surface area contributed by atoms with Gasteiger partial charge in [0.15, 0.2) is 5.78 Å². The number of nitrogens with two attached hydrogens (primary N) is 2. The number of hydrogen-bond donors (Lipinski definition) is 6. The third kappa shape index (κ3) is 5.61. The van der Waals surface area contributed by atoms with Crippen molar-refractivity contribution in [1.82, 2.24) is 26.2 Å². The van der Waals surface area contributed by atoms with Gasteiger partial charge in [0.05, 0.1) is 17.6 Å². The van der Waals surface area contributed by atoms with Gasteiger partial charge in [-0.1, -0.05) is 19.8 Å². The monoisotopic (exact) mass is 465 g/mol. The summed E-state index contributed by atoms with van der Waals surface area (Å²) in [6.07, 6.45) is 4.49. The summed E-state index contributed by atoms with van der Waals surface area (Å²) in [5.41, 5.74) is 9.62. The molecule has 0 aromatic rings. The van der Waals surface area contributed by atoms with Crippen molar-refractivity contribution in [2.24, 2.45) is 11.5 Å². The molecule has 3 aliphatic rings. The first-order valence-corrected chi connectivity index (χ1v) is 11.7. The minimum Gasteiger partial charge on any atom is -0.368 e. The largest absolute Gasteiger partial charge is 0.368 e. The molecule has 1 saturated carbocycles. The fourth-order valence-corrected chi connectivity index (χ4v) is 4.80. The first-order chi connectivity index (χ1) is 15.7. The zero-order chi connectivity index (χ0) is 24.2. The average Bonchev–Trinajstić information content (AvgIpc) is 3.57. The summed E-state index contributed by atoms with van der Waals surface area (Å²) >= 11 is 0. The maximum Gasteiger partial charge on any atom is 0.312 e. The second-order valence-corrected chi connectivity index (χ2v) is 9.13. The van der Waals surface area contributed by atoms with Crippen LogP contribution in [-0.4, -0.2) is 83.8 Å². The first-order valence-electron chi connectivity index (χ1n) is 11.7. The number of carbonyl (C=O) groups excluding carboxylic acids is 5. The molecule has 5 amide bonds. The molecule has 12 nitrogen and oxygen atoms in total. The second kappa shape index (κ2) is 10.5. The van der Waals surface area contributed by atoms with Crippen LogP contribution in [0.4, 0.5) is 4.79 Å². The van der Waals surface area contributed by atoms with Crippen LogP contribution in [0.1, 0.15) is 51.9 Å². The Labute approximate surface area is 192 Å². The lowest BCUT2D eigenvalue weighted by Gasteiger charge is -2.44. The number of unbranched alkanes of at least 4 members (excludes halogenated alkanes) is 1. The molecule has 0 spiro atoms. The molecule has 0 aromatic carbocycles. The zero-order valence-corrected chi connectivity index (χ0v) is 19.0. The smallest absolute Gasteiger partial charge is 0.312 e. The van der Waals surface area contributed by atoms with Gasteiger partial charge in [-0.25, -0.2) is 4.79 Å². The Morgan fingerprint density at radius 2 is 1.76 bits per heavy atom. The standard InChI is InChI=1S/C21H35N7O5/c1-2-3-5-12-18(31)26-13(10-25-12)16(29)21(7-8-21)28-11-14(17(22)30)27-19(32)15(28)6-4-9-24-20(23)33/h12-15,25H,2-11H2,1H3,(H2,22,30)(H,26,31)(H,27,32)(H3,23,24,33)/t12-,13+,14+,15-/m0/s1. The molecule has 4 atom stereocenters. The van der Waals surface area contributed by atoms with E-state index in [-0.39, 0.29) is 36.7 Å². The molecule has 12 heteroatoms. The predicted molar refractivity (Wildman–Crippen MR) is 119 cm³/mol. The van der Waals surface area contributed by atoms with Gasteiger partial charge in [0.2, 0.25) is 17.7 Å². The van der Waals surface area contributed by atoms with Gasteiger partial charge in [-0.15, -0.1) is 0 Å². The fraction of sp³-hybridized carbons (Fsp3) is 0.762. The van der Waals surface area contributed by atoms with Gasteiger partial charge in [0.25, 0.3) is 0 Å². The number of carbonyl (C=O) groups is 5. The fourth-order valence-electron chi connectivity index (χ4n) is 4.80. The van der Waals surface area contributed by atoms with E-state index in [1.165, 1.54) is 0 Å². The van der Waals surface area contributed by atoms with Crippen LogP contribution in [0.5, 0.6) is 0 Å². The highest BCUT2D eigenvalue weighted by Crippen LogP contribution is 2.46. The van der Waals surface area contributed by atoms with Crippen molar-refractivity contribution >= 4 is 29.5 Å². The number of ketones is 1. The molecular formula is C21H35N7O5. The van der Waals surface area contributed by atoms with Gasteiger partial charge < -0.3 is 32.7 Å². The van der Waals surface area contributed by atoms with Gasteiger partial charge in [0, 0.05) is 19.6 Å². The maximum absolute atomic E-state index is 13.6. The molecule has 1 aliphatic carbocycles. The van der Waals surface area contributed by atoms with Crippen LogP contribution < -0.4 is 32.7 Å². The molecule has 0 radical (unpaired) electrons. The first kappa shape index (κ1) is 24.9. The summed E-state index contributed by atoms with van der Waals surface area (Å²) in [5, 5.41) is 11.2. The van der Waals surface area contributed by atoms with E-state index in [0.29, 0.717) is 38.6 Å². The van der Waals surface area contributed by atoms with E-state index in [1.807, 2.05) is 0 Å². The normalized spacial score (nSPS) is 29.0. The second-order valence-electron chi connectivity index (χ2n) is 9.13. The van der Waals surface area contributed by atoms with Crippen LogP contribution in [0.2, 0.25) is 0 Å². The molecule has 2 heterocycles. The average molecular weight is 466 g/mol. The Morgan fingerprint density at radius 1 is 1.06 bits per heavy atom. The van der Waals surface area contributed by atoms with Crippen molar-refractivity contribution in [3.05, 3.63) is 0 Å². The van der Waals surface area contributed by atoms with Crippen LogP contribution in [0.25, 0.3) is 0 Å². The SMILES string of the molecule is CCCC[C@@H]1NC[C@H](C(=O)C2(N3C[C@H](C(N)=O)NC(=O)[C@@H]3CCCNC(N)=O)CC2)NC1=O. The number of piperazine rings is 2. The molecule has 3 fully saturated rings. The maximum atomic E-state index is 13.6. The van der Waals surface area contributed by atoms with Gasteiger partial charge in [0.1, 0.15) is 12.1 Å². The van der Waals surface area contributed by atoms with E-state index >= 15 is 0 Å². The molecule has 0 aromatic heterocycles. The van der Waals surface area contributed by atoms with Gasteiger partial charge >= 0.3 is 6.03 Å². The van der Waals surface area contributed by atoms with Crippen LogP contribution in [0, 0.1) is 0 Å². The predicted octanol–water partition coefficient (Wildman–Crippen LogP) is -2.16. The van der Waals surface area contributed by atoms with E-state index in [0.717, 1.165) is 12.8 Å². The number of rotatable bonds is 11. The summed E-state index contributed by atoms with van der Waals surface area (Å²) in [6, 6.07) is -3.23. The van der Waals surface area contributed by atoms with Crippen molar-refractivity contribution in [2.45, 2.75) is 81.6 Å². The van der Waals surface area contributed by atoms with Gasteiger partial charge in [-0.3, -0.25) is 24.1 Å². The number of hydrogen-bond acceptors (Lipinski definition) is 7. The van der Waals surface area contributed by atoms with Crippen molar-refractivity contribution in [2.75, 3.05) is 19.6 Å². The molecule has 2 aliphatic heterocycles. The summed E-state index contributed by atoms with van der Waals surface area (Å²) < 4.78 is 0. The van der Waals surface area contributed by atoms with Crippen LogP contribution in [0.3, 0.4) is 0 Å². The number of nitrogens with one attached hydrogen (secondary N) is 4. The Balaban J connectivity index is 1.72. The highest BCUT2D eigenvalue weighted by molar-refractivity contribution is 6.00. The van der Waals surface area contributed by atoms with Gasteiger partial charge in [-0.05, 0) is 32.1 Å². The molecule has 0 unspecified atom stereocenters. The Morgan fingerprint density at radius 3 is 2.33 bits per heavy atom. The van der Waals surface area contributed by atoms with E-state index in [4.69, 9.17) is 11.5 Å². The minimum absolute atomic E-state index is 0.119. The highest BCUT2D eigenvalue weighted by Gasteiger charge is 2.60. The topological polar surface area (TPSA) is 189 Å². The molecule has 184 valence electrons. The molecular weight excluding hydrogens is 430 g/mol. The number of primary amides is 2. The summed E-state index contributed by atoms with van der Waals surface area (Å²) in [7, 11) is 0. The number of urea groups is 1. The van der Waals surface area contributed by atoms with Crippen LogP contribution in [0.15, 0.2) is 0 Å². The molecule has 3 rings (SSSR count). The zero-order valence-electron chi connectivity index (χ0n) is 19.0. The van der Waals surface area contributed by atoms with E-state index in [2.05, 4.69) is 28.2 Å². The summed E-state index contributed by atoms with van der Waals surface area (Å²) in [4.78, 5) is 63.5. The Bertz CT molecular complexity index is 800. The van der Waals surface area contributed by atoms with E-state index in [1.54, 1.807) is 4.90 Å². The molecule has 8 N–H and O–H groups in total. The quantitative estimate of drug-likeness (QED) is 0.187. The Hall–Kier alpha value is -2.73.